The molecule has 1 saturated carbocycles. The summed E-state index contributed by atoms with van der Waals surface area (Å²) in [6, 6.07) is 0.501. The summed E-state index contributed by atoms with van der Waals surface area (Å²) >= 11 is 0. The summed E-state index contributed by atoms with van der Waals surface area (Å²) in [5.74, 6) is 1.93. The van der Waals surface area contributed by atoms with Gasteiger partial charge in [0.15, 0.2) is 5.96 Å². The first-order valence-electron chi connectivity index (χ1n) is 10.5. The molecule has 2 aliphatic rings. The van der Waals surface area contributed by atoms with Gasteiger partial charge in [-0.2, -0.15) is 0 Å². The molecule has 1 unspecified atom stereocenters. The van der Waals surface area contributed by atoms with Gasteiger partial charge in [-0.1, -0.05) is 32.1 Å². The maximum Gasteiger partial charge on any atom is 0.191 e. The lowest BCUT2D eigenvalue weighted by Crippen LogP contribution is -2.43. The molecule has 1 saturated heterocycles. The van der Waals surface area contributed by atoms with Gasteiger partial charge in [-0.05, 0) is 45.1 Å². The van der Waals surface area contributed by atoms with E-state index in [1.165, 1.54) is 64.3 Å². The summed E-state index contributed by atoms with van der Waals surface area (Å²) in [7, 11) is 1.87. The van der Waals surface area contributed by atoms with Crippen LogP contribution in [0.4, 0.5) is 0 Å². The number of morpholine rings is 1. The molecule has 1 aliphatic carbocycles. The molecule has 0 bridgehead atoms. The van der Waals surface area contributed by atoms with Gasteiger partial charge in [-0.25, -0.2) is 0 Å². The number of hydrogen-bond acceptors (Lipinski definition) is 3. The molecule has 25 heavy (non-hydrogen) atoms. The quantitative estimate of drug-likeness (QED) is 0.380. The molecule has 0 radical (unpaired) electrons. The van der Waals surface area contributed by atoms with Crippen molar-refractivity contribution in [2.45, 2.75) is 70.8 Å². The second kappa shape index (κ2) is 12.5. The third kappa shape index (κ3) is 8.91. The molecule has 146 valence electrons. The topological polar surface area (TPSA) is 48.9 Å². The van der Waals surface area contributed by atoms with Crippen LogP contribution in [0.1, 0.15) is 64.7 Å². The normalized spacial score (nSPS) is 21.9. The zero-order valence-corrected chi connectivity index (χ0v) is 16.6. The Morgan fingerprint density at radius 2 is 1.92 bits per heavy atom. The summed E-state index contributed by atoms with van der Waals surface area (Å²) in [5, 5.41) is 7.03. The van der Waals surface area contributed by atoms with E-state index in [-0.39, 0.29) is 0 Å². The monoisotopic (exact) mass is 352 g/mol. The number of rotatable bonds is 9. The van der Waals surface area contributed by atoms with Crippen LogP contribution in [0.3, 0.4) is 0 Å². The number of guanidine groups is 1. The van der Waals surface area contributed by atoms with Gasteiger partial charge in [0.05, 0.1) is 13.2 Å². The summed E-state index contributed by atoms with van der Waals surface area (Å²) in [5.41, 5.74) is 0. The third-order valence-electron chi connectivity index (χ3n) is 5.64. The van der Waals surface area contributed by atoms with Crippen molar-refractivity contribution in [3.8, 4) is 0 Å². The summed E-state index contributed by atoms with van der Waals surface area (Å²) in [6.07, 6.45) is 12.3. The van der Waals surface area contributed by atoms with E-state index >= 15 is 0 Å². The lowest BCUT2D eigenvalue weighted by Gasteiger charge is -2.26. The van der Waals surface area contributed by atoms with Gasteiger partial charge in [-0.3, -0.25) is 9.89 Å². The average Bonchev–Trinajstić information content (AvgIpc) is 2.67. The van der Waals surface area contributed by atoms with Crippen molar-refractivity contribution in [1.82, 2.24) is 15.5 Å². The van der Waals surface area contributed by atoms with Crippen molar-refractivity contribution in [3.63, 3.8) is 0 Å². The Balaban J connectivity index is 1.50. The highest BCUT2D eigenvalue weighted by atomic mass is 16.5. The second-order valence-corrected chi connectivity index (χ2v) is 7.79. The van der Waals surface area contributed by atoms with Crippen LogP contribution in [0.5, 0.6) is 0 Å². The number of hydrogen-bond donors (Lipinski definition) is 2. The van der Waals surface area contributed by atoms with E-state index in [2.05, 4.69) is 27.4 Å². The molecular weight excluding hydrogens is 312 g/mol. The predicted octanol–water partition coefficient (Wildman–Crippen LogP) is 3.01. The van der Waals surface area contributed by atoms with Crippen molar-refractivity contribution in [3.05, 3.63) is 0 Å². The molecule has 2 rings (SSSR count). The van der Waals surface area contributed by atoms with Gasteiger partial charge >= 0.3 is 0 Å². The van der Waals surface area contributed by atoms with E-state index in [0.717, 1.165) is 44.7 Å². The van der Waals surface area contributed by atoms with Gasteiger partial charge in [-0.15, -0.1) is 0 Å². The third-order valence-corrected chi connectivity index (χ3v) is 5.64. The van der Waals surface area contributed by atoms with Gasteiger partial charge in [0, 0.05) is 32.7 Å². The fraction of sp³-hybridized carbons (Fsp3) is 0.950. The van der Waals surface area contributed by atoms with Crippen LogP contribution in [0, 0.1) is 5.92 Å². The molecule has 0 amide bonds. The summed E-state index contributed by atoms with van der Waals surface area (Å²) in [4.78, 5) is 6.88. The molecule has 5 heteroatoms. The maximum atomic E-state index is 5.39. The fourth-order valence-corrected chi connectivity index (χ4v) is 3.95. The highest BCUT2D eigenvalue weighted by Crippen LogP contribution is 2.27. The van der Waals surface area contributed by atoms with Gasteiger partial charge in [0.25, 0.3) is 0 Å². The molecule has 5 nitrogen and oxygen atoms in total. The molecule has 0 aromatic heterocycles. The van der Waals surface area contributed by atoms with E-state index in [9.17, 15) is 0 Å². The SMILES string of the molecule is CN=C(NCCCCN1CCOCC1)NC(C)CCC1CCCCC1. The molecule has 2 N–H and O–H groups in total. The van der Waals surface area contributed by atoms with Gasteiger partial charge in [0.2, 0.25) is 0 Å². The molecule has 1 atom stereocenters. The van der Waals surface area contributed by atoms with E-state index in [1.807, 2.05) is 7.05 Å². The predicted molar refractivity (Wildman–Crippen MR) is 106 cm³/mol. The Morgan fingerprint density at radius 1 is 1.16 bits per heavy atom. The first kappa shape index (κ1) is 20.5. The number of ether oxygens (including phenoxy) is 1. The summed E-state index contributed by atoms with van der Waals surface area (Å²) < 4.78 is 5.39. The van der Waals surface area contributed by atoms with Crippen molar-refractivity contribution in [1.29, 1.82) is 0 Å². The van der Waals surface area contributed by atoms with E-state index in [1.54, 1.807) is 0 Å². The largest absolute Gasteiger partial charge is 0.379 e. The Morgan fingerprint density at radius 3 is 2.64 bits per heavy atom. The van der Waals surface area contributed by atoms with Crippen molar-refractivity contribution in [2.75, 3.05) is 46.4 Å². The van der Waals surface area contributed by atoms with Crippen LogP contribution < -0.4 is 10.6 Å². The Bertz CT molecular complexity index is 363. The fourth-order valence-electron chi connectivity index (χ4n) is 3.95. The van der Waals surface area contributed by atoms with Gasteiger partial charge in [0.1, 0.15) is 0 Å². The van der Waals surface area contributed by atoms with Crippen molar-refractivity contribution >= 4 is 5.96 Å². The van der Waals surface area contributed by atoms with Crippen LogP contribution in [0.25, 0.3) is 0 Å². The minimum Gasteiger partial charge on any atom is -0.379 e. The highest BCUT2D eigenvalue weighted by Gasteiger charge is 2.15. The maximum absolute atomic E-state index is 5.39. The molecule has 0 aromatic rings. The zero-order valence-electron chi connectivity index (χ0n) is 16.6. The van der Waals surface area contributed by atoms with E-state index in [0.29, 0.717) is 6.04 Å². The molecule has 1 aliphatic heterocycles. The second-order valence-electron chi connectivity index (χ2n) is 7.79. The Kier molecular flexibility index (Phi) is 10.3. The molecule has 0 spiro atoms. The van der Waals surface area contributed by atoms with Crippen molar-refractivity contribution in [2.24, 2.45) is 10.9 Å². The lowest BCUT2D eigenvalue weighted by atomic mass is 9.85. The number of aliphatic imine (C=N–C) groups is 1. The Labute approximate surface area is 155 Å². The minimum atomic E-state index is 0.501. The first-order valence-corrected chi connectivity index (χ1v) is 10.5. The lowest BCUT2D eigenvalue weighted by molar-refractivity contribution is 0.0372. The van der Waals surface area contributed by atoms with Crippen LogP contribution in [0.2, 0.25) is 0 Å². The molecule has 0 aromatic carbocycles. The van der Waals surface area contributed by atoms with Crippen LogP contribution in [-0.2, 0) is 4.74 Å². The average molecular weight is 353 g/mol. The van der Waals surface area contributed by atoms with Crippen molar-refractivity contribution < 1.29 is 4.74 Å². The first-order chi connectivity index (χ1) is 12.3. The molecule has 1 heterocycles. The van der Waals surface area contributed by atoms with E-state index < -0.39 is 0 Å². The smallest absolute Gasteiger partial charge is 0.191 e. The van der Waals surface area contributed by atoms with Crippen LogP contribution in [0.15, 0.2) is 4.99 Å². The number of unbranched alkanes of at least 4 members (excludes halogenated alkanes) is 1. The summed E-state index contributed by atoms with van der Waals surface area (Å²) in [6.45, 7) is 8.45. The zero-order chi connectivity index (χ0) is 17.7. The minimum absolute atomic E-state index is 0.501. The molecule has 2 fully saturated rings. The molecular formula is C20H40N4O. The van der Waals surface area contributed by atoms with Gasteiger partial charge < -0.3 is 15.4 Å². The van der Waals surface area contributed by atoms with Crippen LogP contribution in [-0.4, -0.2) is 63.3 Å². The highest BCUT2D eigenvalue weighted by molar-refractivity contribution is 5.79. The number of nitrogens with one attached hydrogen (secondary N) is 2. The number of nitrogens with zero attached hydrogens (tertiary/aromatic N) is 2. The standard InChI is InChI=1S/C20H40N4O/c1-18(10-11-19-8-4-3-5-9-19)23-20(21-2)22-12-6-7-13-24-14-16-25-17-15-24/h18-19H,3-17H2,1-2H3,(H2,21,22,23). The van der Waals surface area contributed by atoms with Crippen LogP contribution >= 0.6 is 0 Å². The Hall–Kier alpha value is -0.810. The van der Waals surface area contributed by atoms with E-state index in [4.69, 9.17) is 4.74 Å².